The zero-order valence-electron chi connectivity index (χ0n) is 17.1. The zero-order valence-corrected chi connectivity index (χ0v) is 19.4. The number of nitrogens with zero attached hydrogens (tertiary/aromatic N) is 4. The van der Waals surface area contributed by atoms with Gasteiger partial charge in [-0.2, -0.15) is 5.10 Å². The number of guanidine groups is 1. The minimum Gasteiger partial charge on any atom is -0.357 e. The Hall–Kier alpha value is -2.10. The molecule has 2 N–H and O–H groups in total. The Morgan fingerprint density at radius 1 is 1.25 bits per heavy atom. The van der Waals surface area contributed by atoms with Crippen molar-refractivity contribution >= 4 is 35.8 Å². The topological polar surface area (TPSA) is 74.6 Å². The normalized spacial score (nSPS) is 12.1. The third kappa shape index (κ3) is 7.87. The molecule has 1 heterocycles. The fourth-order valence-corrected chi connectivity index (χ4v) is 2.59. The SMILES string of the molecule is CCNC(=NCc1ccc(C(=O)N(C)C)cc1)NCC(C)Cn1cccn1.I. The van der Waals surface area contributed by atoms with Gasteiger partial charge in [0.05, 0.1) is 6.54 Å². The number of benzene rings is 1. The lowest BCUT2D eigenvalue weighted by atomic mass is 10.1. The van der Waals surface area contributed by atoms with Gasteiger partial charge in [-0.25, -0.2) is 4.99 Å². The van der Waals surface area contributed by atoms with E-state index in [0.717, 1.165) is 31.2 Å². The number of aliphatic imine (C=N–C) groups is 1. The lowest BCUT2D eigenvalue weighted by molar-refractivity contribution is 0.0827. The number of hydrogen-bond acceptors (Lipinski definition) is 3. The summed E-state index contributed by atoms with van der Waals surface area (Å²) in [5.74, 6) is 1.22. The van der Waals surface area contributed by atoms with Gasteiger partial charge in [0.1, 0.15) is 0 Å². The van der Waals surface area contributed by atoms with Gasteiger partial charge in [0.15, 0.2) is 5.96 Å². The van der Waals surface area contributed by atoms with Crippen molar-refractivity contribution in [3.8, 4) is 0 Å². The Balaban J connectivity index is 0.00000392. The van der Waals surface area contributed by atoms with Crippen LogP contribution >= 0.6 is 24.0 Å². The Morgan fingerprint density at radius 3 is 2.54 bits per heavy atom. The summed E-state index contributed by atoms with van der Waals surface area (Å²) in [6, 6.07) is 9.52. The van der Waals surface area contributed by atoms with Crippen LogP contribution in [-0.2, 0) is 13.1 Å². The van der Waals surface area contributed by atoms with Crippen molar-refractivity contribution in [2.45, 2.75) is 26.9 Å². The molecule has 0 aliphatic carbocycles. The third-order valence-corrected chi connectivity index (χ3v) is 4.05. The van der Waals surface area contributed by atoms with Crippen LogP contribution < -0.4 is 10.6 Å². The van der Waals surface area contributed by atoms with Gasteiger partial charge in [0, 0.05) is 51.7 Å². The van der Waals surface area contributed by atoms with E-state index in [1.165, 1.54) is 0 Å². The van der Waals surface area contributed by atoms with Crippen molar-refractivity contribution in [3.05, 3.63) is 53.9 Å². The van der Waals surface area contributed by atoms with Crippen LogP contribution in [0.25, 0.3) is 0 Å². The summed E-state index contributed by atoms with van der Waals surface area (Å²) in [5.41, 5.74) is 1.75. The minimum absolute atomic E-state index is 0. The van der Waals surface area contributed by atoms with Crippen LogP contribution in [0.2, 0.25) is 0 Å². The highest BCUT2D eigenvalue weighted by Crippen LogP contribution is 2.07. The summed E-state index contributed by atoms with van der Waals surface area (Å²) in [7, 11) is 3.50. The number of rotatable bonds is 8. The van der Waals surface area contributed by atoms with Gasteiger partial charge in [-0.3, -0.25) is 9.48 Å². The summed E-state index contributed by atoms with van der Waals surface area (Å²) in [6.45, 7) is 7.25. The summed E-state index contributed by atoms with van der Waals surface area (Å²) >= 11 is 0. The lowest BCUT2D eigenvalue weighted by Gasteiger charge is -2.16. The highest BCUT2D eigenvalue weighted by atomic mass is 127. The van der Waals surface area contributed by atoms with Gasteiger partial charge in [-0.15, -0.1) is 24.0 Å². The molecule has 0 radical (unpaired) electrons. The molecule has 0 saturated heterocycles. The number of carbonyl (C=O) groups is 1. The summed E-state index contributed by atoms with van der Waals surface area (Å²) in [5, 5.41) is 10.9. The molecule has 1 amide bonds. The second-order valence-corrected chi connectivity index (χ2v) is 6.81. The molecule has 2 rings (SSSR count). The average molecular weight is 498 g/mol. The summed E-state index contributed by atoms with van der Waals surface area (Å²) in [6.07, 6.45) is 3.77. The molecule has 8 heteroatoms. The van der Waals surface area contributed by atoms with Gasteiger partial charge in [-0.05, 0) is 36.6 Å². The minimum atomic E-state index is 0. The predicted octanol–water partition coefficient (Wildman–Crippen LogP) is 2.59. The second kappa shape index (κ2) is 12.4. The molecule has 28 heavy (non-hydrogen) atoms. The van der Waals surface area contributed by atoms with Crippen molar-refractivity contribution in [1.29, 1.82) is 0 Å². The maximum absolute atomic E-state index is 11.9. The van der Waals surface area contributed by atoms with Crippen molar-refractivity contribution in [2.24, 2.45) is 10.9 Å². The number of hydrogen-bond donors (Lipinski definition) is 2. The first-order chi connectivity index (χ1) is 13.0. The van der Waals surface area contributed by atoms with E-state index in [2.05, 4.69) is 27.6 Å². The molecule has 0 saturated carbocycles. The molecule has 0 fully saturated rings. The van der Waals surface area contributed by atoms with Gasteiger partial charge >= 0.3 is 0 Å². The van der Waals surface area contributed by atoms with Crippen molar-refractivity contribution in [3.63, 3.8) is 0 Å². The fourth-order valence-electron chi connectivity index (χ4n) is 2.59. The van der Waals surface area contributed by atoms with Crippen LogP contribution in [-0.4, -0.2) is 53.7 Å². The van der Waals surface area contributed by atoms with Crippen LogP contribution in [0, 0.1) is 5.92 Å². The van der Waals surface area contributed by atoms with E-state index in [9.17, 15) is 4.79 Å². The predicted molar refractivity (Wildman–Crippen MR) is 124 cm³/mol. The van der Waals surface area contributed by atoms with Gasteiger partial charge in [0.2, 0.25) is 0 Å². The third-order valence-electron chi connectivity index (χ3n) is 4.05. The highest BCUT2D eigenvalue weighted by molar-refractivity contribution is 14.0. The number of carbonyl (C=O) groups excluding carboxylic acids is 1. The van der Waals surface area contributed by atoms with Crippen LogP contribution in [0.1, 0.15) is 29.8 Å². The fraction of sp³-hybridized carbons (Fsp3) is 0.450. The molecule has 2 aromatic rings. The molecule has 0 bridgehead atoms. The van der Waals surface area contributed by atoms with Crippen LogP contribution in [0.4, 0.5) is 0 Å². The Morgan fingerprint density at radius 2 is 1.96 bits per heavy atom. The van der Waals surface area contributed by atoms with E-state index in [-0.39, 0.29) is 29.9 Å². The maximum atomic E-state index is 11.9. The van der Waals surface area contributed by atoms with E-state index < -0.39 is 0 Å². The average Bonchev–Trinajstić information content (AvgIpc) is 3.16. The second-order valence-electron chi connectivity index (χ2n) is 6.81. The largest absolute Gasteiger partial charge is 0.357 e. The van der Waals surface area contributed by atoms with Crippen molar-refractivity contribution in [2.75, 3.05) is 27.2 Å². The van der Waals surface area contributed by atoms with Crippen molar-refractivity contribution in [1.82, 2.24) is 25.3 Å². The molecule has 7 nitrogen and oxygen atoms in total. The summed E-state index contributed by atoms with van der Waals surface area (Å²) in [4.78, 5) is 18.2. The molecule has 1 aromatic heterocycles. The van der Waals surface area contributed by atoms with Crippen LogP contribution in [0.3, 0.4) is 0 Å². The van der Waals surface area contributed by atoms with Crippen molar-refractivity contribution < 1.29 is 4.79 Å². The molecule has 0 spiro atoms. The van der Waals surface area contributed by atoms with Gasteiger partial charge < -0.3 is 15.5 Å². The highest BCUT2D eigenvalue weighted by Gasteiger charge is 2.08. The Kier molecular flexibility index (Phi) is 10.6. The van der Waals surface area contributed by atoms with Crippen LogP contribution in [0.15, 0.2) is 47.7 Å². The molecular weight excluding hydrogens is 467 g/mol. The molecule has 0 aliphatic heterocycles. The maximum Gasteiger partial charge on any atom is 0.253 e. The molecule has 0 aliphatic rings. The first-order valence-corrected chi connectivity index (χ1v) is 9.29. The standard InChI is InChI=1S/C20H30N6O.HI/c1-5-21-20(22-13-16(2)15-26-12-6-11-24-26)23-14-17-7-9-18(10-8-17)19(27)25(3)4;/h6-12,16H,5,13-15H2,1-4H3,(H2,21,22,23);1H. The zero-order chi connectivity index (χ0) is 19.6. The quantitative estimate of drug-likeness (QED) is 0.334. The number of amides is 1. The smallest absolute Gasteiger partial charge is 0.253 e. The van der Waals surface area contributed by atoms with E-state index in [1.807, 2.05) is 48.1 Å². The van der Waals surface area contributed by atoms with Crippen LogP contribution in [0.5, 0.6) is 0 Å². The molecule has 1 atom stereocenters. The lowest BCUT2D eigenvalue weighted by Crippen LogP contribution is -2.40. The van der Waals surface area contributed by atoms with E-state index in [4.69, 9.17) is 0 Å². The first kappa shape index (κ1) is 23.9. The van der Waals surface area contributed by atoms with E-state index >= 15 is 0 Å². The summed E-state index contributed by atoms with van der Waals surface area (Å²) < 4.78 is 1.94. The number of aromatic nitrogens is 2. The van der Waals surface area contributed by atoms with Gasteiger partial charge in [-0.1, -0.05) is 19.1 Å². The number of nitrogens with one attached hydrogen (secondary N) is 2. The molecular formula is C20H31IN6O. The van der Waals surface area contributed by atoms with E-state index in [1.54, 1.807) is 25.2 Å². The Bertz CT molecular complexity index is 728. The monoisotopic (exact) mass is 498 g/mol. The molecule has 1 aromatic carbocycles. The molecule has 154 valence electrons. The Labute approximate surface area is 184 Å². The van der Waals surface area contributed by atoms with Gasteiger partial charge in [0.25, 0.3) is 5.91 Å². The number of halogens is 1. The first-order valence-electron chi connectivity index (χ1n) is 9.29. The molecule has 1 unspecified atom stereocenters. The van der Waals surface area contributed by atoms with E-state index in [0.29, 0.717) is 18.0 Å².